The van der Waals surface area contributed by atoms with E-state index in [0.717, 1.165) is 38.4 Å². The molecule has 114 valence electrons. The summed E-state index contributed by atoms with van der Waals surface area (Å²) in [7, 11) is 0. The second kappa shape index (κ2) is 7.78. The van der Waals surface area contributed by atoms with Crippen LogP contribution in [-0.2, 0) is 4.74 Å². The molecule has 0 fully saturated rings. The van der Waals surface area contributed by atoms with Gasteiger partial charge in [-0.05, 0) is 37.8 Å². The summed E-state index contributed by atoms with van der Waals surface area (Å²) in [6.07, 6.45) is 11.1. The Labute approximate surface area is 126 Å². The van der Waals surface area contributed by atoms with Gasteiger partial charge in [0.25, 0.3) is 0 Å². The number of fused-ring (bicyclic) bond motifs is 1. The number of dihydropyridines is 1. The lowest BCUT2D eigenvalue weighted by molar-refractivity contribution is 0.124. The van der Waals surface area contributed by atoms with Crippen LogP contribution in [0.5, 0.6) is 0 Å². The van der Waals surface area contributed by atoms with Crippen LogP contribution in [0.3, 0.4) is 0 Å². The Morgan fingerprint density at radius 1 is 1.29 bits per heavy atom. The summed E-state index contributed by atoms with van der Waals surface area (Å²) in [5.74, 6) is 0. The van der Waals surface area contributed by atoms with Crippen LogP contribution >= 0.6 is 0 Å². The van der Waals surface area contributed by atoms with Crippen LogP contribution in [0.1, 0.15) is 20.3 Å². The summed E-state index contributed by atoms with van der Waals surface area (Å²) in [6, 6.07) is -0.0149. The van der Waals surface area contributed by atoms with Crippen LogP contribution in [-0.4, -0.2) is 37.2 Å². The summed E-state index contributed by atoms with van der Waals surface area (Å²) < 4.78 is 5.50. The molecule has 1 heterocycles. The van der Waals surface area contributed by atoms with Gasteiger partial charge in [0, 0.05) is 31.0 Å². The van der Waals surface area contributed by atoms with Gasteiger partial charge in [0.1, 0.15) is 0 Å². The molecule has 1 unspecified atom stereocenters. The van der Waals surface area contributed by atoms with Crippen molar-refractivity contribution in [1.29, 1.82) is 5.53 Å². The lowest BCUT2D eigenvalue weighted by Gasteiger charge is -2.35. The van der Waals surface area contributed by atoms with Crippen LogP contribution in [0.2, 0.25) is 0 Å². The minimum absolute atomic E-state index is 0.0149. The highest BCUT2D eigenvalue weighted by atomic mass is 16.5. The molecule has 2 N–H and O–H groups in total. The zero-order chi connectivity index (χ0) is 15.1. The Morgan fingerprint density at radius 3 is 2.86 bits per heavy atom. The van der Waals surface area contributed by atoms with Crippen molar-refractivity contribution in [2.24, 2.45) is 5.11 Å². The predicted molar refractivity (Wildman–Crippen MR) is 83.8 cm³/mol. The average Bonchev–Trinajstić information content (AvgIpc) is 2.53. The molecule has 1 aliphatic carbocycles. The van der Waals surface area contributed by atoms with Gasteiger partial charge in [-0.3, -0.25) is 0 Å². The molecule has 5 heteroatoms. The van der Waals surface area contributed by atoms with Crippen molar-refractivity contribution in [3.63, 3.8) is 0 Å². The maximum Gasteiger partial charge on any atom is 0.0974 e. The van der Waals surface area contributed by atoms with Crippen LogP contribution in [0.15, 0.2) is 52.6 Å². The van der Waals surface area contributed by atoms with Gasteiger partial charge in [0.15, 0.2) is 0 Å². The molecule has 0 spiro atoms. The molecule has 0 aromatic rings. The van der Waals surface area contributed by atoms with Crippen molar-refractivity contribution >= 4 is 0 Å². The normalized spacial score (nSPS) is 19.9. The fourth-order valence-electron chi connectivity index (χ4n) is 2.66. The first-order valence-corrected chi connectivity index (χ1v) is 7.57. The minimum Gasteiger partial charge on any atom is -0.380 e. The van der Waals surface area contributed by atoms with Gasteiger partial charge >= 0.3 is 0 Å². The van der Waals surface area contributed by atoms with Crippen molar-refractivity contribution in [2.75, 3.05) is 26.3 Å². The van der Waals surface area contributed by atoms with E-state index < -0.39 is 0 Å². The van der Waals surface area contributed by atoms with Crippen LogP contribution in [0.25, 0.3) is 0 Å². The molecule has 1 atom stereocenters. The summed E-state index contributed by atoms with van der Waals surface area (Å²) in [5.41, 5.74) is 10.4. The molecule has 0 saturated heterocycles. The van der Waals surface area contributed by atoms with E-state index in [1.54, 1.807) is 0 Å². The van der Waals surface area contributed by atoms with Crippen LogP contribution in [0.4, 0.5) is 0 Å². The standard InChI is InChI=1S/C16H24N4O/c1-3-10-20(11-12-21-4-2)15-8-7-14(19-17)16-13(15)6-5-9-18-16/h5-9,16-18H,3-4,10-12H2,1-2H3. The second-order valence-electron chi connectivity index (χ2n) is 5.02. The zero-order valence-electron chi connectivity index (χ0n) is 12.8. The van der Waals surface area contributed by atoms with Crippen LogP contribution < -0.4 is 5.32 Å². The van der Waals surface area contributed by atoms with Crippen LogP contribution in [0, 0.1) is 5.53 Å². The van der Waals surface area contributed by atoms with Crippen molar-refractivity contribution in [3.8, 4) is 0 Å². The highest BCUT2D eigenvalue weighted by Crippen LogP contribution is 2.30. The highest BCUT2D eigenvalue weighted by Gasteiger charge is 2.27. The zero-order valence-corrected chi connectivity index (χ0v) is 12.8. The number of nitrogens with one attached hydrogen (secondary N) is 2. The van der Waals surface area contributed by atoms with Gasteiger partial charge in [-0.2, -0.15) is 5.11 Å². The third-order valence-electron chi connectivity index (χ3n) is 3.62. The maximum atomic E-state index is 7.31. The van der Waals surface area contributed by atoms with E-state index in [0.29, 0.717) is 0 Å². The Morgan fingerprint density at radius 2 is 2.14 bits per heavy atom. The van der Waals surface area contributed by atoms with E-state index in [1.807, 2.05) is 25.3 Å². The van der Waals surface area contributed by atoms with E-state index in [4.69, 9.17) is 10.3 Å². The second-order valence-corrected chi connectivity index (χ2v) is 5.02. The molecule has 0 amide bonds. The van der Waals surface area contributed by atoms with Gasteiger partial charge in [-0.25, -0.2) is 5.53 Å². The molecular formula is C16H24N4O. The molecule has 0 radical (unpaired) electrons. The molecule has 0 saturated carbocycles. The fourth-order valence-corrected chi connectivity index (χ4v) is 2.66. The molecule has 5 nitrogen and oxygen atoms in total. The Hall–Kier alpha value is -1.88. The Balaban J connectivity index is 2.22. The average molecular weight is 288 g/mol. The first-order chi connectivity index (χ1) is 10.3. The van der Waals surface area contributed by atoms with Crippen molar-refractivity contribution < 1.29 is 4.74 Å². The quantitative estimate of drug-likeness (QED) is 0.533. The highest BCUT2D eigenvalue weighted by molar-refractivity contribution is 5.50. The number of hydrogen-bond acceptors (Lipinski definition) is 5. The third-order valence-corrected chi connectivity index (χ3v) is 3.62. The molecule has 1 aliphatic heterocycles. The van der Waals surface area contributed by atoms with E-state index in [-0.39, 0.29) is 6.04 Å². The van der Waals surface area contributed by atoms with Gasteiger partial charge in [0.05, 0.1) is 18.3 Å². The number of hydrogen-bond donors (Lipinski definition) is 2. The van der Waals surface area contributed by atoms with E-state index in [1.165, 1.54) is 11.3 Å². The van der Waals surface area contributed by atoms with E-state index in [9.17, 15) is 0 Å². The number of allylic oxidation sites excluding steroid dienone is 4. The molecule has 0 aromatic heterocycles. The lowest BCUT2D eigenvalue weighted by Crippen LogP contribution is -2.38. The van der Waals surface area contributed by atoms with Gasteiger partial charge in [0.2, 0.25) is 0 Å². The first-order valence-electron chi connectivity index (χ1n) is 7.57. The summed E-state index contributed by atoms with van der Waals surface area (Å²) in [6.45, 7) is 7.55. The molecule has 21 heavy (non-hydrogen) atoms. The number of nitrogens with zero attached hydrogens (tertiary/aromatic N) is 2. The minimum atomic E-state index is -0.0149. The number of rotatable bonds is 8. The molecule has 0 bridgehead atoms. The van der Waals surface area contributed by atoms with Crippen molar-refractivity contribution in [1.82, 2.24) is 10.2 Å². The summed E-state index contributed by atoms with van der Waals surface area (Å²) >= 11 is 0. The fraction of sp³-hybridized carbons (Fsp3) is 0.500. The molecule has 0 aromatic carbocycles. The summed E-state index contributed by atoms with van der Waals surface area (Å²) in [5, 5.41) is 6.92. The Kier molecular flexibility index (Phi) is 5.75. The van der Waals surface area contributed by atoms with E-state index >= 15 is 0 Å². The van der Waals surface area contributed by atoms with Crippen molar-refractivity contribution in [2.45, 2.75) is 26.3 Å². The maximum absolute atomic E-state index is 7.31. The van der Waals surface area contributed by atoms with E-state index in [2.05, 4.69) is 34.4 Å². The number of ether oxygens (including phenoxy) is 1. The topological polar surface area (TPSA) is 60.7 Å². The lowest BCUT2D eigenvalue weighted by atomic mass is 9.92. The van der Waals surface area contributed by atoms with Crippen molar-refractivity contribution in [3.05, 3.63) is 47.5 Å². The molecule has 2 aliphatic rings. The molecular weight excluding hydrogens is 264 g/mol. The Bertz CT molecular complexity index is 491. The largest absolute Gasteiger partial charge is 0.380 e. The first kappa shape index (κ1) is 15.5. The smallest absolute Gasteiger partial charge is 0.0974 e. The summed E-state index contributed by atoms with van der Waals surface area (Å²) in [4.78, 5) is 2.35. The third kappa shape index (κ3) is 3.61. The predicted octanol–water partition coefficient (Wildman–Crippen LogP) is 2.96. The van der Waals surface area contributed by atoms with Gasteiger partial charge in [-0.1, -0.05) is 13.0 Å². The monoisotopic (exact) mass is 288 g/mol. The SMILES string of the molecule is CCCN(CCOCC)C1=CC=C(N=N)C2NC=CC=C12. The van der Waals surface area contributed by atoms with Gasteiger partial charge in [-0.15, -0.1) is 0 Å². The molecule has 2 rings (SSSR count). The van der Waals surface area contributed by atoms with Gasteiger partial charge < -0.3 is 15.0 Å².